The van der Waals surface area contributed by atoms with Crippen molar-refractivity contribution in [3.05, 3.63) is 119 Å². The molecule has 0 spiro atoms. The molecular formula is C30H31N. The summed E-state index contributed by atoms with van der Waals surface area (Å²) in [6, 6.07) is 26.3. The number of nitrogens with zero attached hydrogens (tertiary/aromatic N) is 1. The summed E-state index contributed by atoms with van der Waals surface area (Å²) in [7, 11) is 0. The summed E-state index contributed by atoms with van der Waals surface area (Å²) in [5.41, 5.74) is 10.2. The number of hydrogen-bond donors (Lipinski definition) is 0. The zero-order valence-corrected chi connectivity index (χ0v) is 19.2. The summed E-state index contributed by atoms with van der Waals surface area (Å²) >= 11 is 0. The first-order valence-electron chi connectivity index (χ1n) is 11.0. The van der Waals surface area contributed by atoms with E-state index in [1.54, 1.807) is 0 Å². The van der Waals surface area contributed by atoms with E-state index in [9.17, 15) is 0 Å². The van der Waals surface area contributed by atoms with Gasteiger partial charge in [0.05, 0.1) is 0 Å². The Labute approximate surface area is 187 Å². The predicted octanol–water partition coefficient (Wildman–Crippen LogP) is 8.56. The van der Waals surface area contributed by atoms with E-state index >= 15 is 0 Å². The highest BCUT2D eigenvalue weighted by Gasteiger charge is 2.35. The summed E-state index contributed by atoms with van der Waals surface area (Å²) in [5.74, 6) is 0. The van der Waals surface area contributed by atoms with Crippen LogP contribution in [0.1, 0.15) is 45.7 Å². The number of hydrogen-bond acceptors (Lipinski definition) is 1. The minimum absolute atomic E-state index is 0.0192. The Morgan fingerprint density at radius 1 is 0.742 bits per heavy atom. The van der Waals surface area contributed by atoms with Crippen molar-refractivity contribution in [3.63, 3.8) is 0 Å². The molecular weight excluding hydrogens is 374 g/mol. The van der Waals surface area contributed by atoms with Gasteiger partial charge in [-0.1, -0.05) is 80.1 Å². The van der Waals surface area contributed by atoms with Crippen LogP contribution in [0.5, 0.6) is 0 Å². The van der Waals surface area contributed by atoms with E-state index in [0.29, 0.717) is 0 Å². The summed E-state index contributed by atoms with van der Waals surface area (Å²) < 4.78 is 0. The van der Waals surface area contributed by atoms with Crippen LogP contribution < -0.4 is 4.90 Å². The Morgan fingerprint density at radius 3 is 2.13 bits per heavy atom. The van der Waals surface area contributed by atoms with E-state index in [1.807, 2.05) is 0 Å². The van der Waals surface area contributed by atoms with Crippen molar-refractivity contribution in [1.29, 1.82) is 0 Å². The van der Waals surface area contributed by atoms with Crippen LogP contribution in [0.4, 0.5) is 11.4 Å². The molecule has 4 rings (SSSR count). The maximum absolute atomic E-state index is 2.38. The third kappa shape index (κ3) is 3.88. The van der Waals surface area contributed by atoms with Crippen molar-refractivity contribution < 1.29 is 0 Å². The average Bonchev–Trinajstić information content (AvgIpc) is 3.00. The number of anilines is 2. The van der Waals surface area contributed by atoms with Gasteiger partial charge in [0.1, 0.15) is 0 Å². The third-order valence-corrected chi connectivity index (χ3v) is 6.02. The largest absolute Gasteiger partial charge is 0.311 e. The van der Waals surface area contributed by atoms with Crippen molar-refractivity contribution in [2.24, 2.45) is 0 Å². The molecule has 1 aliphatic carbocycles. The minimum Gasteiger partial charge on any atom is -0.311 e. The highest BCUT2D eigenvalue weighted by Crippen LogP contribution is 2.50. The van der Waals surface area contributed by atoms with Gasteiger partial charge in [-0.05, 0) is 79.4 Å². The summed E-state index contributed by atoms with van der Waals surface area (Å²) in [5, 5.41) is 0. The van der Waals surface area contributed by atoms with Crippen LogP contribution in [0.3, 0.4) is 0 Å². The lowest BCUT2D eigenvalue weighted by Gasteiger charge is -2.28. The fraction of sp³-hybridized carbons (Fsp3) is 0.200. The molecule has 1 nitrogen and oxygen atoms in total. The van der Waals surface area contributed by atoms with E-state index in [-0.39, 0.29) is 5.41 Å². The maximum Gasteiger partial charge on any atom is 0.0465 e. The number of allylic oxidation sites excluding steroid dienone is 5. The smallest absolute Gasteiger partial charge is 0.0465 e. The Balaban J connectivity index is 1.91. The molecule has 0 N–H and O–H groups in total. The second-order valence-electron chi connectivity index (χ2n) is 8.91. The first kappa shape index (κ1) is 20.9. The molecule has 3 aromatic rings. The molecule has 0 aromatic heterocycles. The second kappa shape index (κ2) is 8.43. The lowest BCUT2D eigenvalue weighted by Crippen LogP contribution is -2.18. The first-order chi connectivity index (χ1) is 14.9. The highest BCUT2D eigenvalue weighted by molar-refractivity contribution is 5.84. The van der Waals surface area contributed by atoms with E-state index in [4.69, 9.17) is 0 Å². The van der Waals surface area contributed by atoms with Gasteiger partial charge in [0.2, 0.25) is 0 Å². The highest BCUT2D eigenvalue weighted by atomic mass is 15.1. The lowest BCUT2D eigenvalue weighted by atomic mass is 9.82. The molecule has 31 heavy (non-hydrogen) atoms. The zero-order chi connectivity index (χ0) is 22.0. The number of fused-ring (bicyclic) bond motifs is 3. The summed E-state index contributed by atoms with van der Waals surface area (Å²) in [4.78, 5) is 2.35. The van der Waals surface area contributed by atoms with Gasteiger partial charge < -0.3 is 4.90 Å². The molecule has 0 radical (unpaired) electrons. The fourth-order valence-corrected chi connectivity index (χ4v) is 4.48. The van der Waals surface area contributed by atoms with E-state index < -0.39 is 0 Å². The van der Waals surface area contributed by atoms with Crippen LogP contribution in [0.2, 0.25) is 0 Å². The van der Waals surface area contributed by atoms with Crippen LogP contribution in [-0.4, -0.2) is 0 Å². The van der Waals surface area contributed by atoms with E-state index in [2.05, 4.69) is 137 Å². The van der Waals surface area contributed by atoms with Gasteiger partial charge in [0.15, 0.2) is 0 Å². The van der Waals surface area contributed by atoms with Crippen molar-refractivity contribution >= 4 is 11.4 Å². The van der Waals surface area contributed by atoms with Crippen molar-refractivity contribution in [3.8, 4) is 11.1 Å². The van der Waals surface area contributed by atoms with E-state index in [1.165, 1.54) is 33.5 Å². The molecule has 0 heterocycles. The van der Waals surface area contributed by atoms with Gasteiger partial charge in [-0.15, -0.1) is 0 Å². The number of para-hydroxylation sites is 1. The third-order valence-electron chi connectivity index (χ3n) is 6.02. The number of rotatable bonds is 5. The Kier molecular flexibility index (Phi) is 5.69. The molecule has 0 atom stereocenters. The Morgan fingerprint density at radius 2 is 1.42 bits per heavy atom. The van der Waals surface area contributed by atoms with Crippen molar-refractivity contribution in [1.82, 2.24) is 0 Å². The van der Waals surface area contributed by atoms with Gasteiger partial charge >= 0.3 is 0 Å². The van der Waals surface area contributed by atoms with Gasteiger partial charge in [-0.3, -0.25) is 0 Å². The summed E-state index contributed by atoms with van der Waals surface area (Å²) in [6.45, 7) is 11.0. The van der Waals surface area contributed by atoms with Crippen LogP contribution in [0, 0.1) is 0 Å². The predicted molar refractivity (Wildman–Crippen MR) is 135 cm³/mol. The van der Waals surface area contributed by atoms with Gasteiger partial charge in [-0.2, -0.15) is 0 Å². The van der Waals surface area contributed by atoms with Crippen LogP contribution in [0.15, 0.2) is 108 Å². The summed E-state index contributed by atoms with van der Waals surface area (Å²) in [6.07, 6.45) is 8.67. The Bertz CT molecular complexity index is 1170. The zero-order valence-electron chi connectivity index (χ0n) is 19.2. The standard InChI is InChI=1S/C30H31N/c1-6-12-23(18-17-22(2)3)31(24-13-8-7-9-14-24)25-19-20-27-26-15-10-11-16-28(26)30(4,5)29(27)21-25/h6-21H,1-5H3/b12-6-,23-18+. The topological polar surface area (TPSA) is 3.24 Å². The monoisotopic (exact) mass is 405 g/mol. The molecule has 0 unspecified atom stereocenters. The van der Waals surface area contributed by atoms with Crippen LogP contribution >= 0.6 is 0 Å². The van der Waals surface area contributed by atoms with Crippen LogP contribution in [-0.2, 0) is 5.41 Å². The van der Waals surface area contributed by atoms with Crippen molar-refractivity contribution in [2.75, 3.05) is 4.90 Å². The molecule has 0 amide bonds. The van der Waals surface area contributed by atoms with Gasteiger partial charge in [0.25, 0.3) is 0 Å². The van der Waals surface area contributed by atoms with Crippen molar-refractivity contribution in [2.45, 2.75) is 40.0 Å². The Hall–Kier alpha value is -3.32. The quantitative estimate of drug-likeness (QED) is 0.384. The first-order valence-corrected chi connectivity index (χ1v) is 11.0. The molecule has 156 valence electrons. The number of benzene rings is 3. The molecule has 0 aliphatic heterocycles. The molecule has 0 fully saturated rings. The van der Waals surface area contributed by atoms with E-state index in [0.717, 1.165) is 11.4 Å². The second-order valence-corrected chi connectivity index (χ2v) is 8.91. The van der Waals surface area contributed by atoms with Gasteiger partial charge in [0, 0.05) is 22.5 Å². The lowest BCUT2D eigenvalue weighted by molar-refractivity contribution is 0.660. The molecule has 1 heteroatoms. The SMILES string of the molecule is C/C=C\C(=C/C=C(C)C)N(c1ccccc1)c1ccc2c(c1)C(C)(C)c1ccccc1-2. The molecule has 0 saturated carbocycles. The molecule has 0 saturated heterocycles. The average molecular weight is 406 g/mol. The molecule has 3 aromatic carbocycles. The molecule has 0 bridgehead atoms. The van der Waals surface area contributed by atoms with Crippen LogP contribution in [0.25, 0.3) is 11.1 Å². The minimum atomic E-state index is -0.0192. The maximum atomic E-state index is 2.38. The molecule has 1 aliphatic rings. The fourth-order valence-electron chi connectivity index (χ4n) is 4.48. The normalized spacial score (nSPS) is 14.3. The van der Waals surface area contributed by atoms with Gasteiger partial charge in [-0.25, -0.2) is 0 Å².